The average molecular weight is 286 g/mol. The Hall–Kier alpha value is -0.530. The standard InChI is InChI=1S/C17H34O2/c1-3-4-5-6-7-8-9-10-11-12-13-14-15-16-17(18)19-2/h3-16H2,1-2H3/i1+1,3+1,4+1,5+1,6+1,7+1,8+1,9+1,10+1,11+1,12+1,13+1,14+1,15+1,16+1,17+1. The molecule has 0 unspecified atom stereocenters. The first-order valence-corrected chi connectivity index (χ1v) is 8.38. The second-order valence-electron chi connectivity index (χ2n) is 5.57. The minimum absolute atomic E-state index is 0.0666. The van der Waals surface area contributed by atoms with Crippen molar-refractivity contribution < 1.29 is 9.53 Å². The minimum Gasteiger partial charge on any atom is -0.469 e. The van der Waals surface area contributed by atoms with E-state index in [4.69, 9.17) is 0 Å². The lowest BCUT2D eigenvalue weighted by molar-refractivity contribution is -0.140. The van der Waals surface area contributed by atoms with Gasteiger partial charge in [0.25, 0.3) is 0 Å². The van der Waals surface area contributed by atoms with Crippen molar-refractivity contribution in [1.82, 2.24) is 0 Å². The molecule has 0 saturated carbocycles. The van der Waals surface area contributed by atoms with Gasteiger partial charge in [0.05, 0.1) is 7.11 Å². The number of rotatable bonds is 14. The van der Waals surface area contributed by atoms with Gasteiger partial charge >= 0.3 is 5.97 Å². The fourth-order valence-corrected chi connectivity index (χ4v) is 2.39. The van der Waals surface area contributed by atoms with Crippen molar-refractivity contribution in [2.45, 2.75) is 96.8 Å². The zero-order valence-electron chi connectivity index (χ0n) is 13.2. The van der Waals surface area contributed by atoms with E-state index in [0.717, 1.165) is 6.42 Å². The number of unbranched alkanes of at least 4 members (excludes halogenated alkanes) is 12. The molecule has 0 aromatic rings. The number of hydrogen-bond donors (Lipinski definition) is 0. The molecule has 0 N–H and O–H groups in total. The van der Waals surface area contributed by atoms with Gasteiger partial charge in [0.2, 0.25) is 0 Å². The van der Waals surface area contributed by atoms with Crippen LogP contribution in [0, 0.1) is 0 Å². The first kappa shape index (κ1) is 18.5. The van der Waals surface area contributed by atoms with Gasteiger partial charge < -0.3 is 4.74 Å². The van der Waals surface area contributed by atoms with Gasteiger partial charge in [-0.2, -0.15) is 0 Å². The van der Waals surface area contributed by atoms with Gasteiger partial charge in [-0.05, 0) is 6.42 Å². The molecule has 0 aliphatic carbocycles. The summed E-state index contributed by atoms with van der Waals surface area (Å²) in [6.45, 7) is 2.27. The van der Waals surface area contributed by atoms with Gasteiger partial charge in [-0.3, -0.25) is 4.79 Å². The Morgan fingerprint density at radius 1 is 0.684 bits per heavy atom. The van der Waals surface area contributed by atoms with Gasteiger partial charge in [-0.15, -0.1) is 0 Å². The van der Waals surface area contributed by atoms with E-state index < -0.39 is 0 Å². The van der Waals surface area contributed by atoms with Crippen molar-refractivity contribution in [1.29, 1.82) is 0 Å². The normalized spacial score (nSPS) is 10.6. The Labute approximate surface area is 120 Å². The van der Waals surface area contributed by atoms with Crippen LogP contribution in [0.3, 0.4) is 0 Å². The fourth-order valence-electron chi connectivity index (χ4n) is 2.39. The molecule has 0 aromatic carbocycles. The van der Waals surface area contributed by atoms with Crippen LogP contribution in [0.4, 0.5) is 0 Å². The molecular weight excluding hydrogens is 252 g/mol. The van der Waals surface area contributed by atoms with Crippen molar-refractivity contribution in [3.63, 3.8) is 0 Å². The third-order valence-electron chi connectivity index (χ3n) is 3.71. The van der Waals surface area contributed by atoms with Gasteiger partial charge in [0.15, 0.2) is 0 Å². The predicted molar refractivity (Wildman–Crippen MR) is 82.3 cm³/mol. The molecular formula is C17H34O2. The van der Waals surface area contributed by atoms with Crippen LogP contribution in [-0.2, 0) is 9.53 Å². The number of carbonyl (C=O) groups is 1. The smallest absolute Gasteiger partial charge is 0.305 e. The molecule has 0 fully saturated rings. The van der Waals surface area contributed by atoms with Crippen LogP contribution in [0.5, 0.6) is 0 Å². The van der Waals surface area contributed by atoms with Crippen LogP contribution in [0.15, 0.2) is 0 Å². The Kier molecular flexibility index (Phi) is 15.1. The van der Waals surface area contributed by atoms with Gasteiger partial charge in [-0.1, -0.05) is 84.0 Å². The van der Waals surface area contributed by atoms with E-state index in [1.807, 2.05) is 0 Å². The fraction of sp³-hybridized carbons (Fsp3) is 0.941. The van der Waals surface area contributed by atoms with Crippen LogP contribution in [0.2, 0.25) is 0 Å². The van der Waals surface area contributed by atoms with E-state index in [2.05, 4.69) is 11.7 Å². The summed E-state index contributed by atoms with van der Waals surface area (Å²) in [5.41, 5.74) is 0. The molecule has 0 bridgehead atoms. The molecule has 0 radical (unpaired) electrons. The number of hydrogen-bond acceptors (Lipinski definition) is 2. The number of ether oxygens (including phenoxy) is 1. The highest BCUT2D eigenvalue weighted by Crippen LogP contribution is 2.12. The Balaban J connectivity index is 2.97. The maximum atomic E-state index is 10.9. The Morgan fingerprint density at radius 2 is 1.05 bits per heavy atom. The maximum Gasteiger partial charge on any atom is 0.305 e. The number of methoxy groups -OCH3 is 1. The Morgan fingerprint density at radius 3 is 1.42 bits per heavy atom. The summed E-state index contributed by atoms with van der Waals surface area (Å²) in [5, 5.41) is 0. The summed E-state index contributed by atoms with van der Waals surface area (Å²) in [4.78, 5) is 10.9. The maximum absolute atomic E-state index is 10.9. The molecule has 0 atom stereocenters. The summed E-state index contributed by atoms with van der Waals surface area (Å²) >= 11 is 0. The average Bonchev–Trinajstić information content (AvgIpc) is 2.43. The molecule has 0 amide bonds. The van der Waals surface area contributed by atoms with E-state index in [1.165, 1.54) is 84.2 Å². The van der Waals surface area contributed by atoms with Crippen LogP contribution < -0.4 is 0 Å². The zero-order valence-corrected chi connectivity index (χ0v) is 13.2. The monoisotopic (exact) mass is 286 g/mol. The van der Waals surface area contributed by atoms with Crippen LogP contribution in [-0.4, -0.2) is 13.1 Å². The Bertz CT molecular complexity index is 190. The van der Waals surface area contributed by atoms with Crippen LogP contribution in [0.1, 0.15) is 96.8 Å². The van der Waals surface area contributed by atoms with E-state index in [0.29, 0.717) is 6.42 Å². The van der Waals surface area contributed by atoms with E-state index in [1.54, 1.807) is 0 Å². The van der Waals surface area contributed by atoms with E-state index in [-0.39, 0.29) is 5.97 Å². The summed E-state index contributed by atoms with van der Waals surface area (Å²) in [5.74, 6) is -0.0666. The quantitative estimate of drug-likeness (QED) is 0.234. The van der Waals surface area contributed by atoms with Crippen molar-refractivity contribution in [2.75, 3.05) is 7.11 Å². The molecule has 0 heterocycles. The summed E-state index contributed by atoms with van der Waals surface area (Å²) in [7, 11) is 1.46. The third-order valence-corrected chi connectivity index (χ3v) is 3.71. The van der Waals surface area contributed by atoms with E-state index in [9.17, 15) is 4.79 Å². The third kappa shape index (κ3) is 15.4. The highest BCUT2D eigenvalue weighted by molar-refractivity contribution is 5.68. The first-order chi connectivity index (χ1) is 9.31. The van der Waals surface area contributed by atoms with Gasteiger partial charge in [0, 0.05) is 6.42 Å². The summed E-state index contributed by atoms with van der Waals surface area (Å²) < 4.78 is 4.62. The highest BCUT2D eigenvalue weighted by Gasteiger charge is 1.99. The molecule has 0 saturated heterocycles. The molecule has 0 aliphatic heterocycles. The van der Waals surface area contributed by atoms with Crippen LogP contribution in [0.25, 0.3) is 0 Å². The van der Waals surface area contributed by atoms with Crippen molar-refractivity contribution in [3.8, 4) is 0 Å². The molecule has 2 nitrogen and oxygen atoms in total. The summed E-state index contributed by atoms with van der Waals surface area (Å²) in [6, 6.07) is 0. The second-order valence-corrected chi connectivity index (χ2v) is 5.57. The lowest BCUT2D eigenvalue weighted by atomic mass is 11.0. The molecule has 2 heteroatoms. The predicted octanol–water partition coefficient (Wildman–Crippen LogP) is 5.64. The lowest BCUT2D eigenvalue weighted by Gasteiger charge is -2.03. The second kappa shape index (κ2) is 15.5. The van der Waals surface area contributed by atoms with Crippen molar-refractivity contribution in [2.24, 2.45) is 0 Å². The highest BCUT2D eigenvalue weighted by atomic mass is 16.6. The van der Waals surface area contributed by atoms with Gasteiger partial charge in [-0.25, -0.2) is 0 Å². The molecule has 114 valence electrons. The zero-order chi connectivity index (χ0) is 14.2. The molecule has 0 aromatic heterocycles. The molecule has 19 heavy (non-hydrogen) atoms. The van der Waals surface area contributed by atoms with E-state index >= 15 is 0 Å². The summed E-state index contributed by atoms with van der Waals surface area (Å²) in [6.07, 6.45) is 18.0. The number of carbonyl (C=O) groups excluding carboxylic acids is 1. The van der Waals surface area contributed by atoms with Crippen molar-refractivity contribution in [3.05, 3.63) is 0 Å². The molecule has 0 aliphatic rings. The molecule has 0 rings (SSSR count). The largest absolute Gasteiger partial charge is 0.469 e. The SMILES string of the molecule is CO[13C](=O)[13CH2][13CH2][13CH2][13CH2][13CH2][13CH2][13CH2][13CH2][13CH2][13CH2][13CH2][13CH2][13CH2][13CH2][13CH3]. The lowest BCUT2D eigenvalue weighted by Crippen LogP contribution is -1.99. The minimum atomic E-state index is -0.0666. The topological polar surface area (TPSA) is 26.3 Å². The first-order valence-electron chi connectivity index (χ1n) is 8.38. The number of esters is 1. The van der Waals surface area contributed by atoms with Crippen LogP contribution >= 0.6 is 0 Å². The molecule has 0 spiro atoms. The van der Waals surface area contributed by atoms with Gasteiger partial charge in [0.1, 0.15) is 0 Å². The van der Waals surface area contributed by atoms with Crippen molar-refractivity contribution >= 4 is 5.97 Å².